The highest BCUT2D eigenvalue weighted by Crippen LogP contribution is 2.32. The van der Waals surface area contributed by atoms with Gasteiger partial charge >= 0.3 is 0 Å². The second kappa shape index (κ2) is 6.61. The van der Waals surface area contributed by atoms with Gasteiger partial charge in [0.15, 0.2) is 0 Å². The molecule has 1 saturated heterocycles. The van der Waals surface area contributed by atoms with Crippen LogP contribution in [0.2, 0.25) is 0 Å². The third-order valence-electron chi connectivity index (χ3n) is 4.55. The Bertz CT molecular complexity index is 177. The van der Waals surface area contributed by atoms with Gasteiger partial charge in [0, 0.05) is 18.1 Å². The van der Waals surface area contributed by atoms with E-state index in [0.29, 0.717) is 0 Å². The zero-order valence-electron chi connectivity index (χ0n) is 11.5. The first kappa shape index (κ1) is 14.0. The third kappa shape index (κ3) is 2.78. The van der Waals surface area contributed by atoms with E-state index >= 15 is 0 Å². The Hall–Kier alpha value is -0.0800. The van der Waals surface area contributed by atoms with Gasteiger partial charge < -0.3 is 5.73 Å². The molecule has 16 heavy (non-hydrogen) atoms. The summed E-state index contributed by atoms with van der Waals surface area (Å²) in [5.41, 5.74) is 6.35. The number of hydrogen-bond acceptors (Lipinski definition) is 2. The van der Waals surface area contributed by atoms with Crippen molar-refractivity contribution in [2.45, 2.75) is 77.3 Å². The van der Waals surface area contributed by atoms with Crippen LogP contribution in [0, 0.1) is 0 Å². The summed E-state index contributed by atoms with van der Waals surface area (Å²) in [7, 11) is 0. The minimum Gasteiger partial charge on any atom is -0.329 e. The number of likely N-dealkylation sites (tertiary alicyclic amines) is 1. The molecule has 1 rings (SSSR count). The summed E-state index contributed by atoms with van der Waals surface area (Å²) in [4.78, 5) is 2.75. The minimum atomic E-state index is 0.278. The highest BCUT2D eigenvalue weighted by Gasteiger charge is 2.37. The summed E-state index contributed by atoms with van der Waals surface area (Å²) in [6.45, 7) is 8.99. The van der Waals surface area contributed by atoms with Crippen LogP contribution in [0.25, 0.3) is 0 Å². The average Bonchev–Trinajstić information content (AvgIpc) is 2.34. The molecule has 1 fully saturated rings. The van der Waals surface area contributed by atoms with E-state index in [1.807, 2.05) is 0 Å². The Morgan fingerprint density at radius 3 is 2.38 bits per heavy atom. The fourth-order valence-corrected chi connectivity index (χ4v) is 3.32. The van der Waals surface area contributed by atoms with Gasteiger partial charge in [-0.2, -0.15) is 0 Å². The van der Waals surface area contributed by atoms with Crippen LogP contribution in [0.1, 0.15) is 65.7 Å². The second-order valence-corrected chi connectivity index (χ2v) is 5.27. The normalized spacial score (nSPS) is 23.6. The van der Waals surface area contributed by atoms with Gasteiger partial charge in [0.2, 0.25) is 0 Å². The lowest BCUT2D eigenvalue weighted by atomic mass is 9.85. The van der Waals surface area contributed by atoms with Crippen LogP contribution in [0.3, 0.4) is 0 Å². The van der Waals surface area contributed by atoms with Gasteiger partial charge in [0.1, 0.15) is 0 Å². The number of nitrogens with zero attached hydrogens (tertiary/aromatic N) is 1. The molecular formula is C14H30N2. The SMILES string of the molecule is CCCC1CCCCN1C(CC)(CC)CN. The van der Waals surface area contributed by atoms with Crippen molar-refractivity contribution in [2.75, 3.05) is 13.1 Å². The Morgan fingerprint density at radius 1 is 1.19 bits per heavy atom. The van der Waals surface area contributed by atoms with Gasteiger partial charge in [-0.25, -0.2) is 0 Å². The first-order valence-electron chi connectivity index (χ1n) is 7.20. The Labute approximate surface area is 102 Å². The largest absolute Gasteiger partial charge is 0.329 e. The minimum absolute atomic E-state index is 0.278. The summed E-state index contributed by atoms with van der Waals surface area (Å²) in [5, 5.41) is 0. The summed E-state index contributed by atoms with van der Waals surface area (Å²) in [5.74, 6) is 0. The fourth-order valence-electron chi connectivity index (χ4n) is 3.32. The van der Waals surface area contributed by atoms with E-state index < -0.39 is 0 Å². The molecule has 2 heteroatoms. The van der Waals surface area contributed by atoms with Crippen LogP contribution in [0.5, 0.6) is 0 Å². The molecular weight excluding hydrogens is 196 g/mol. The van der Waals surface area contributed by atoms with Crippen LogP contribution in [0.15, 0.2) is 0 Å². The van der Waals surface area contributed by atoms with E-state index in [-0.39, 0.29) is 5.54 Å². The number of nitrogens with two attached hydrogens (primary N) is 1. The molecule has 1 heterocycles. The molecule has 1 unspecified atom stereocenters. The standard InChI is InChI=1S/C14H30N2/c1-4-9-13-10-7-8-11-16(13)14(5-2,6-3)12-15/h13H,4-12,15H2,1-3H3. The number of hydrogen-bond donors (Lipinski definition) is 1. The van der Waals surface area contributed by atoms with Crippen LogP contribution in [-0.4, -0.2) is 29.6 Å². The highest BCUT2D eigenvalue weighted by molar-refractivity contribution is 4.94. The molecule has 1 aliphatic rings. The first-order chi connectivity index (χ1) is 7.74. The lowest BCUT2D eigenvalue weighted by Crippen LogP contribution is -2.58. The van der Waals surface area contributed by atoms with Crippen molar-refractivity contribution in [1.29, 1.82) is 0 Å². The predicted molar refractivity (Wildman–Crippen MR) is 71.6 cm³/mol. The maximum Gasteiger partial charge on any atom is 0.0329 e. The molecule has 0 aliphatic carbocycles. The van der Waals surface area contributed by atoms with Crippen molar-refractivity contribution >= 4 is 0 Å². The molecule has 2 N–H and O–H groups in total. The lowest BCUT2D eigenvalue weighted by molar-refractivity contribution is 0.0121. The van der Waals surface area contributed by atoms with Gasteiger partial charge in [0.25, 0.3) is 0 Å². The van der Waals surface area contributed by atoms with Crippen LogP contribution < -0.4 is 5.73 Å². The molecule has 2 nitrogen and oxygen atoms in total. The summed E-state index contributed by atoms with van der Waals surface area (Å²) in [6, 6.07) is 0.794. The van der Waals surface area contributed by atoms with Crippen LogP contribution >= 0.6 is 0 Å². The van der Waals surface area contributed by atoms with Gasteiger partial charge in [-0.05, 0) is 38.6 Å². The first-order valence-corrected chi connectivity index (χ1v) is 7.20. The van der Waals surface area contributed by atoms with Gasteiger partial charge in [-0.1, -0.05) is 33.6 Å². The average molecular weight is 226 g/mol. The molecule has 0 aromatic carbocycles. The van der Waals surface area contributed by atoms with Crippen LogP contribution in [-0.2, 0) is 0 Å². The van der Waals surface area contributed by atoms with E-state index in [4.69, 9.17) is 5.73 Å². The van der Waals surface area contributed by atoms with Gasteiger partial charge in [-0.15, -0.1) is 0 Å². The smallest absolute Gasteiger partial charge is 0.0329 e. The van der Waals surface area contributed by atoms with E-state index in [1.54, 1.807) is 0 Å². The topological polar surface area (TPSA) is 29.3 Å². The van der Waals surface area contributed by atoms with Crippen LogP contribution in [0.4, 0.5) is 0 Å². The molecule has 0 amide bonds. The Morgan fingerprint density at radius 2 is 1.88 bits per heavy atom. The maximum absolute atomic E-state index is 6.08. The number of rotatable bonds is 6. The Balaban J connectivity index is 2.78. The third-order valence-corrected chi connectivity index (χ3v) is 4.55. The molecule has 0 bridgehead atoms. The van der Waals surface area contributed by atoms with Crippen molar-refractivity contribution in [2.24, 2.45) is 5.73 Å². The highest BCUT2D eigenvalue weighted by atomic mass is 15.2. The maximum atomic E-state index is 6.08. The summed E-state index contributed by atoms with van der Waals surface area (Å²) in [6.07, 6.45) is 9.20. The molecule has 0 saturated carbocycles. The van der Waals surface area contributed by atoms with E-state index in [0.717, 1.165) is 12.6 Å². The zero-order chi connectivity index (χ0) is 12.0. The number of piperidine rings is 1. The van der Waals surface area contributed by atoms with Crippen molar-refractivity contribution < 1.29 is 0 Å². The zero-order valence-corrected chi connectivity index (χ0v) is 11.5. The second-order valence-electron chi connectivity index (χ2n) is 5.27. The van der Waals surface area contributed by atoms with E-state index in [9.17, 15) is 0 Å². The molecule has 0 aromatic rings. The molecule has 0 aromatic heterocycles. The lowest BCUT2D eigenvalue weighted by Gasteiger charge is -2.49. The summed E-state index contributed by atoms with van der Waals surface area (Å²) < 4.78 is 0. The van der Waals surface area contributed by atoms with Gasteiger partial charge in [0.05, 0.1) is 0 Å². The molecule has 1 atom stereocenters. The monoisotopic (exact) mass is 226 g/mol. The van der Waals surface area contributed by atoms with E-state index in [2.05, 4.69) is 25.7 Å². The van der Waals surface area contributed by atoms with Crippen molar-refractivity contribution in [1.82, 2.24) is 4.90 Å². The molecule has 0 radical (unpaired) electrons. The molecule has 1 aliphatic heterocycles. The fraction of sp³-hybridized carbons (Fsp3) is 1.00. The van der Waals surface area contributed by atoms with Crippen molar-refractivity contribution in [3.8, 4) is 0 Å². The van der Waals surface area contributed by atoms with Crippen molar-refractivity contribution in [3.05, 3.63) is 0 Å². The van der Waals surface area contributed by atoms with Gasteiger partial charge in [-0.3, -0.25) is 4.90 Å². The van der Waals surface area contributed by atoms with Crippen molar-refractivity contribution in [3.63, 3.8) is 0 Å². The van der Waals surface area contributed by atoms with E-state index in [1.165, 1.54) is 51.5 Å². The molecule has 96 valence electrons. The predicted octanol–water partition coefficient (Wildman–Crippen LogP) is 3.16. The quantitative estimate of drug-likeness (QED) is 0.754. The Kier molecular flexibility index (Phi) is 5.77. The summed E-state index contributed by atoms with van der Waals surface area (Å²) >= 11 is 0. The molecule has 0 spiro atoms.